The van der Waals surface area contributed by atoms with Gasteiger partial charge < -0.3 is 4.55 Å². The Bertz CT molecular complexity index is 2510. The molecular formula is C43H47N2O6S2+. The molecular weight excluding hydrogens is 705 g/mol. The van der Waals surface area contributed by atoms with E-state index in [4.69, 9.17) is 0 Å². The van der Waals surface area contributed by atoms with E-state index in [1.165, 1.54) is 10.9 Å². The van der Waals surface area contributed by atoms with Gasteiger partial charge in [0.1, 0.15) is 17.9 Å². The van der Waals surface area contributed by atoms with Crippen molar-refractivity contribution >= 4 is 58.9 Å². The van der Waals surface area contributed by atoms with Crippen molar-refractivity contribution in [3.8, 4) is 0 Å². The van der Waals surface area contributed by atoms with Crippen LogP contribution in [0.3, 0.4) is 0 Å². The van der Waals surface area contributed by atoms with Crippen molar-refractivity contribution in [2.45, 2.75) is 69.6 Å². The van der Waals surface area contributed by atoms with Crippen molar-refractivity contribution in [3.63, 3.8) is 0 Å². The van der Waals surface area contributed by atoms with E-state index in [1.807, 2.05) is 60.7 Å². The van der Waals surface area contributed by atoms with Crippen molar-refractivity contribution < 1.29 is 30.5 Å². The Kier molecular flexibility index (Phi) is 9.52. The lowest BCUT2D eigenvalue weighted by Gasteiger charge is -2.37. The first-order chi connectivity index (χ1) is 25.1. The Labute approximate surface area is 313 Å². The van der Waals surface area contributed by atoms with E-state index < -0.39 is 31.0 Å². The lowest BCUT2D eigenvalue weighted by molar-refractivity contribution is -0.438. The molecule has 276 valence electrons. The number of rotatable bonds is 10. The normalized spacial score (nSPS) is 23.2. The molecule has 4 aromatic rings. The first-order valence-electron chi connectivity index (χ1n) is 18.3. The molecule has 0 bridgehead atoms. The third-order valence-corrected chi connectivity index (χ3v) is 13.6. The molecule has 1 fully saturated rings. The van der Waals surface area contributed by atoms with E-state index in [2.05, 4.69) is 86.9 Å². The zero-order valence-electron chi connectivity index (χ0n) is 30.7. The highest BCUT2D eigenvalue weighted by atomic mass is 32.2. The van der Waals surface area contributed by atoms with E-state index in [-0.39, 0.29) is 15.7 Å². The minimum Gasteiger partial charge on any atom is -0.748 e. The SMILES string of the molecule is CC1(C)C(/C=C/C=C/C=C/C=C2\C(C)(C)c3c(ccc4ccccc34)[N+]23CCCC3S(=O)(=O)O)=[N+](CCCCS(=O)(=O)[O-])c2ccc3ccccc3c21. The third-order valence-electron chi connectivity index (χ3n) is 11.6. The third kappa shape index (κ3) is 6.44. The maximum atomic E-state index is 12.9. The van der Waals surface area contributed by atoms with Crippen LogP contribution in [0.2, 0.25) is 0 Å². The van der Waals surface area contributed by atoms with Gasteiger partial charge in [-0.05, 0) is 73.9 Å². The van der Waals surface area contributed by atoms with E-state index >= 15 is 0 Å². The highest BCUT2D eigenvalue weighted by Crippen LogP contribution is 2.59. The summed E-state index contributed by atoms with van der Waals surface area (Å²) in [6, 6.07) is 24.9. The summed E-state index contributed by atoms with van der Waals surface area (Å²) in [6.45, 7) is 9.88. The molecule has 1 saturated heterocycles. The molecule has 8 nitrogen and oxygen atoms in total. The van der Waals surface area contributed by atoms with E-state index in [0.29, 0.717) is 38.8 Å². The van der Waals surface area contributed by atoms with E-state index in [1.54, 1.807) is 0 Å². The summed E-state index contributed by atoms with van der Waals surface area (Å²) in [4.78, 5) is 0. The minimum atomic E-state index is -4.35. The Morgan fingerprint density at radius 1 is 0.792 bits per heavy atom. The minimum absolute atomic E-state index is 0.110. The van der Waals surface area contributed by atoms with Crippen molar-refractivity contribution in [3.05, 3.63) is 132 Å². The topological polar surface area (TPSA) is 115 Å². The summed E-state index contributed by atoms with van der Waals surface area (Å²) in [6.07, 6.45) is 15.9. The first kappa shape index (κ1) is 37.1. The highest BCUT2D eigenvalue weighted by Gasteiger charge is 2.63. The first-order valence-corrected chi connectivity index (χ1v) is 21.4. The molecule has 0 saturated carbocycles. The molecule has 0 amide bonds. The molecule has 3 aliphatic heterocycles. The highest BCUT2D eigenvalue weighted by molar-refractivity contribution is 7.86. The molecule has 4 aromatic carbocycles. The number of nitrogens with zero attached hydrogens (tertiary/aromatic N) is 2. The predicted octanol–water partition coefficient (Wildman–Crippen LogP) is 8.55. The largest absolute Gasteiger partial charge is 0.748 e. The molecule has 1 spiro atoms. The van der Waals surface area contributed by atoms with E-state index in [0.717, 1.165) is 44.5 Å². The lowest BCUT2D eigenvalue weighted by Crippen LogP contribution is -2.55. The Morgan fingerprint density at radius 3 is 2.09 bits per heavy atom. The molecule has 0 aromatic heterocycles. The van der Waals surface area contributed by atoms with Crippen LogP contribution in [0.4, 0.5) is 11.4 Å². The molecule has 10 heteroatoms. The second-order valence-corrected chi connectivity index (χ2v) is 18.6. The van der Waals surface area contributed by atoms with Gasteiger partial charge in [0.25, 0.3) is 0 Å². The lowest BCUT2D eigenvalue weighted by atomic mass is 9.79. The number of hydrogen-bond acceptors (Lipinski definition) is 5. The van der Waals surface area contributed by atoms with Gasteiger partial charge in [0.2, 0.25) is 11.1 Å². The number of benzene rings is 4. The number of fused-ring (bicyclic) bond motifs is 7. The Hall–Kier alpha value is -4.19. The van der Waals surface area contributed by atoms with Crippen molar-refractivity contribution in [1.82, 2.24) is 4.48 Å². The number of allylic oxidation sites excluding steroid dienone is 8. The van der Waals surface area contributed by atoms with Gasteiger partial charge in [0.05, 0.1) is 27.5 Å². The monoisotopic (exact) mass is 751 g/mol. The quantitative estimate of drug-likeness (QED) is 0.0571. The van der Waals surface area contributed by atoms with Crippen molar-refractivity contribution in [2.24, 2.45) is 0 Å². The van der Waals surface area contributed by atoms with Crippen LogP contribution in [0.25, 0.3) is 21.5 Å². The Balaban J connectivity index is 1.21. The van der Waals surface area contributed by atoms with Gasteiger partial charge in [-0.15, -0.1) is 0 Å². The molecule has 3 heterocycles. The van der Waals surface area contributed by atoms with Crippen LogP contribution in [0.5, 0.6) is 0 Å². The molecule has 2 unspecified atom stereocenters. The molecule has 1 N–H and O–H groups in total. The summed E-state index contributed by atoms with van der Waals surface area (Å²) in [5.41, 5.74) is 5.54. The maximum Gasteiger partial charge on any atom is 0.320 e. The van der Waals surface area contributed by atoms with Gasteiger partial charge in [-0.3, -0.25) is 4.55 Å². The summed E-state index contributed by atoms with van der Waals surface area (Å²) in [5, 5.41) is 3.56. The summed E-state index contributed by atoms with van der Waals surface area (Å²) < 4.78 is 72.6. The van der Waals surface area contributed by atoms with Crippen LogP contribution >= 0.6 is 0 Å². The summed E-state index contributed by atoms with van der Waals surface area (Å²) >= 11 is 0. The smallest absolute Gasteiger partial charge is 0.320 e. The maximum absolute atomic E-state index is 12.9. The van der Waals surface area contributed by atoms with Gasteiger partial charge in [0.15, 0.2) is 5.71 Å². The molecule has 2 atom stereocenters. The van der Waals surface area contributed by atoms with Gasteiger partial charge in [-0.1, -0.05) is 78.9 Å². The average molecular weight is 752 g/mol. The fraction of sp³-hybridized carbons (Fsp3) is 0.326. The number of quaternary nitrogens is 1. The van der Waals surface area contributed by atoms with Gasteiger partial charge >= 0.3 is 10.1 Å². The zero-order chi connectivity index (χ0) is 37.8. The van der Waals surface area contributed by atoms with Crippen LogP contribution in [0, 0.1) is 0 Å². The van der Waals surface area contributed by atoms with Gasteiger partial charge in [0, 0.05) is 54.4 Å². The van der Waals surface area contributed by atoms with Gasteiger partial charge in [-0.2, -0.15) is 13.0 Å². The molecule has 7 rings (SSSR count). The predicted molar refractivity (Wildman–Crippen MR) is 214 cm³/mol. The summed E-state index contributed by atoms with van der Waals surface area (Å²) in [7, 11) is -8.62. The van der Waals surface area contributed by atoms with Crippen LogP contribution in [0.1, 0.15) is 64.5 Å². The van der Waals surface area contributed by atoms with Crippen LogP contribution in [-0.2, 0) is 31.1 Å². The van der Waals surface area contributed by atoms with Crippen molar-refractivity contribution in [1.29, 1.82) is 0 Å². The average Bonchev–Trinajstić information content (AvgIpc) is 3.70. The molecule has 3 aliphatic rings. The fourth-order valence-corrected chi connectivity index (χ4v) is 11.3. The van der Waals surface area contributed by atoms with Crippen molar-refractivity contribution in [2.75, 3.05) is 18.8 Å². The fourth-order valence-electron chi connectivity index (χ4n) is 9.47. The molecule has 53 heavy (non-hydrogen) atoms. The second-order valence-electron chi connectivity index (χ2n) is 15.5. The zero-order valence-corrected chi connectivity index (χ0v) is 32.3. The van der Waals surface area contributed by atoms with Crippen LogP contribution in [-0.4, -0.2) is 60.4 Å². The van der Waals surface area contributed by atoms with Crippen LogP contribution in [0.15, 0.2) is 121 Å². The molecule has 0 aliphatic carbocycles. The van der Waals surface area contributed by atoms with Gasteiger partial charge in [-0.25, -0.2) is 12.9 Å². The standard InChI is InChI=1S/C43H46N2O6S2/c1-42(2)37(44(28-14-15-30-52(46,47)48)35-26-24-31-17-10-12-19-33(31)40(35)42)21-8-6-5-7-9-22-38-43(3,4)41-34-20-13-11-18-32(34)25-27-36(41)45(38)29-16-23-39(45)53(49,50)51/h5-13,17-22,24-27,39H,14-16,23,28-30H2,1-4H3/p+1/b6-5+,9-7+,21-8+,38-22+. The number of unbranched alkanes of at least 4 members (excludes halogenated alkanes) is 1. The Morgan fingerprint density at radius 2 is 1.42 bits per heavy atom. The second kappa shape index (κ2) is 13.6. The van der Waals surface area contributed by atoms with Crippen LogP contribution < -0.4 is 4.48 Å². The van der Waals surface area contributed by atoms with E-state index in [9.17, 15) is 25.9 Å². The summed E-state index contributed by atoms with van der Waals surface area (Å²) in [5.74, 6) is -0.373. The molecule has 0 radical (unpaired) electrons. The number of hydrogen-bond donors (Lipinski definition) is 1.